The van der Waals surface area contributed by atoms with Gasteiger partial charge in [0.05, 0.1) is 9.40 Å². The fourth-order valence-electron chi connectivity index (χ4n) is 2.72. The third kappa shape index (κ3) is 5.57. The highest BCUT2D eigenvalue weighted by Crippen LogP contribution is 2.36. The molecule has 1 unspecified atom stereocenters. The van der Waals surface area contributed by atoms with Gasteiger partial charge in [0, 0.05) is 19.1 Å². The number of hydrogen-bond acceptors (Lipinski definition) is 6. The molecule has 1 aliphatic rings. The summed E-state index contributed by atoms with van der Waals surface area (Å²) < 4.78 is 5.64. The number of amides is 1. The molecule has 0 saturated carbocycles. The number of hydrazine groups is 1. The number of nitrogens with zero attached hydrogens (tertiary/aromatic N) is 2. The summed E-state index contributed by atoms with van der Waals surface area (Å²) in [5.41, 5.74) is 5.57. The highest BCUT2D eigenvalue weighted by Gasteiger charge is 2.27. The largest absolute Gasteiger partial charge is 0.443 e. The van der Waals surface area contributed by atoms with E-state index in [0.29, 0.717) is 16.7 Å². The topological polar surface area (TPSA) is 96.7 Å². The summed E-state index contributed by atoms with van der Waals surface area (Å²) in [5.74, 6) is 0. The SMILES string of the molecule is CC(C)(C)OC(=O)NNC1CCCN(c2cccc(Br)c2[N+](=O)[O-])C1. The van der Waals surface area contributed by atoms with E-state index in [1.165, 1.54) is 0 Å². The Labute approximate surface area is 155 Å². The molecule has 1 atom stereocenters. The molecular weight excluding hydrogens is 392 g/mol. The second kappa shape index (κ2) is 8.01. The van der Waals surface area contributed by atoms with E-state index >= 15 is 0 Å². The summed E-state index contributed by atoms with van der Waals surface area (Å²) in [4.78, 5) is 24.7. The molecule has 0 radical (unpaired) electrons. The van der Waals surface area contributed by atoms with Crippen LogP contribution < -0.4 is 15.8 Å². The van der Waals surface area contributed by atoms with Gasteiger partial charge in [-0.25, -0.2) is 10.2 Å². The van der Waals surface area contributed by atoms with E-state index in [9.17, 15) is 14.9 Å². The van der Waals surface area contributed by atoms with Crippen molar-refractivity contribution in [1.82, 2.24) is 10.9 Å². The van der Waals surface area contributed by atoms with Crippen LogP contribution in [-0.4, -0.2) is 35.7 Å². The zero-order valence-electron chi connectivity index (χ0n) is 14.5. The summed E-state index contributed by atoms with van der Waals surface area (Å²) in [5, 5.41) is 11.4. The summed E-state index contributed by atoms with van der Waals surface area (Å²) in [6, 6.07) is 5.15. The number of rotatable bonds is 4. The van der Waals surface area contributed by atoms with E-state index in [2.05, 4.69) is 26.8 Å². The molecule has 0 aliphatic carbocycles. The lowest BCUT2D eigenvalue weighted by molar-refractivity contribution is -0.384. The van der Waals surface area contributed by atoms with Crippen molar-refractivity contribution in [3.8, 4) is 0 Å². The Morgan fingerprint density at radius 1 is 1.44 bits per heavy atom. The molecule has 0 spiro atoms. The van der Waals surface area contributed by atoms with Gasteiger partial charge in [-0.2, -0.15) is 0 Å². The van der Waals surface area contributed by atoms with Crippen molar-refractivity contribution in [3.63, 3.8) is 0 Å². The van der Waals surface area contributed by atoms with Gasteiger partial charge in [-0.05, 0) is 61.7 Å². The molecule has 1 heterocycles. The lowest BCUT2D eigenvalue weighted by Crippen LogP contribution is -2.53. The number of nitro groups is 1. The van der Waals surface area contributed by atoms with Gasteiger partial charge in [-0.15, -0.1) is 0 Å². The van der Waals surface area contributed by atoms with Crippen LogP contribution in [-0.2, 0) is 4.74 Å². The molecule has 8 nitrogen and oxygen atoms in total. The van der Waals surface area contributed by atoms with E-state index < -0.39 is 11.7 Å². The number of hydrogen-bond donors (Lipinski definition) is 2. The number of anilines is 1. The third-order valence-electron chi connectivity index (χ3n) is 3.69. The molecule has 9 heteroatoms. The van der Waals surface area contributed by atoms with E-state index in [4.69, 9.17) is 4.74 Å². The molecule has 1 saturated heterocycles. The molecule has 1 fully saturated rings. The van der Waals surface area contributed by atoms with Crippen LogP contribution in [0, 0.1) is 10.1 Å². The molecular formula is C16H23BrN4O4. The van der Waals surface area contributed by atoms with E-state index in [-0.39, 0.29) is 16.7 Å². The highest BCUT2D eigenvalue weighted by molar-refractivity contribution is 9.10. The first-order valence-corrected chi connectivity index (χ1v) is 8.89. The number of para-hydroxylation sites is 1. The number of piperidine rings is 1. The highest BCUT2D eigenvalue weighted by atomic mass is 79.9. The summed E-state index contributed by atoms with van der Waals surface area (Å²) in [7, 11) is 0. The van der Waals surface area contributed by atoms with Crippen molar-refractivity contribution >= 4 is 33.4 Å². The van der Waals surface area contributed by atoms with Crippen molar-refractivity contribution in [2.75, 3.05) is 18.0 Å². The van der Waals surface area contributed by atoms with Crippen LogP contribution in [0.1, 0.15) is 33.6 Å². The van der Waals surface area contributed by atoms with E-state index in [1.807, 2.05) is 4.90 Å². The maximum atomic E-state index is 11.7. The standard InChI is InChI=1S/C16H23BrN4O4/c1-16(2,3)25-15(22)19-18-11-6-5-9-20(10-11)13-8-4-7-12(17)14(13)21(23)24/h4,7-8,11,18H,5-6,9-10H2,1-3H3,(H,19,22). The molecule has 1 aromatic rings. The van der Waals surface area contributed by atoms with Crippen molar-refractivity contribution in [2.24, 2.45) is 0 Å². The minimum atomic E-state index is -0.568. The first kappa shape index (κ1) is 19.5. The smallest absolute Gasteiger partial charge is 0.422 e. The molecule has 25 heavy (non-hydrogen) atoms. The molecule has 1 aliphatic heterocycles. The van der Waals surface area contributed by atoms with E-state index in [0.717, 1.165) is 19.4 Å². The van der Waals surface area contributed by atoms with Gasteiger partial charge in [-0.3, -0.25) is 15.5 Å². The summed E-state index contributed by atoms with van der Waals surface area (Å²) >= 11 is 3.25. The Bertz CT molecular complexity index is 648. The first-order valence-electron chi connectivity index (χ1n) is 8.10. The Morgan fingerprint density at radius 2 is 2.16 bits per heavy atom. The Morgan fingerprint density at radius 3 is 2.80 bits per heavy atom. The number of nitro benzene ring substituents is 1. The van der Waals surface area contributed by atoms with Crippen LogP contribution in [0.15, 0.2) is 22.7 Å². The number of nitrogens with one attached hydrogen (secondary N) is 2. The lowest BCUT2D eigenvalue weighted by atomic mass is 10.1. The average Bonchev–Trinajstić information content (AvgIpc) is 2.51. The molecule has 2 rings (SSSR count). The van der Waals surface area contributed by atoms with Gasteiger partial charge < -0.3 is 9.64 Å². The van der Waals surface area contributed by atoms with Crippen LogP contribution in [0.5, 0.6) is 0 Å². The molecule has 2 N–H and O–H groups in total. The molecule has 1 amide bonds. The maximum absolute atomic E-state index is 11.7. The lowest BCUT2D eigenvalue weighted by Gasteiger charge is -2.34. The second-order valence-electron chi connectivity index (χ2n) is 6.92. The number of halogens is 1. The number of benzene rings is 1. The predicted molar refractivity (Wildman–Crippen MR) is 98.5 cm³/mol. The monoisotopic (exact) mass is 414 g/mol. The van der Waals surface area contributed by atoms with Gasteiger partial charge in [0.15, 0.2) is 0 Å². The van der Waals surface area contributed by atoms with Gasteiger partial charge in [-0.1, -0.05) is 6.07 Å². The molecule has 1 aromatic carbocycles. The second-order valence-corrected chi connectivity index (χ2v) is 7.78. The minimum absolute atomic E-state index is 0.0279. The van der Waals surface area contributed by atoms with Gasteiger partial charge in [0.1, 0.15) is 11.3 Å². The minimum Gasteiger partial charge on any atom is -0.443 e. The molecule has 0 bridgehead atoms. The van der Waals surface area contributed by atoms with Crippen LogP contribution in [0.4, 0.5) is 16.2 Å². The van der Waals surface area contributed by atoms with Crippen molar-refractivity contribution in [1.29, 1.82) is 0 Å². The molecule has 138 valence electrons. The van der Waals surface area contributed by atoms with Crippen LogP contribution in [0.2, 0.25) is 0 Å². The van der Waals surface area contributed by atoms with Crippen molar-refractivity contribution in [3.05, 3.63) is 32.8 Å². The summed E-state index contributed by atoms with van der Waals surface area (Å²) in [6.07, 6.45) is 1.17. The van der Waals surface area contributed by atoms with Gasteiger partial charge in [0.25, 0.3) is 0 Å². The van der Waals surface area contributed by atoms with Crippen molar-refractivity contribution < 1.29 is 14.5 Å². The van der Waals surface area contributed by atoms with Crippen LogP contribution in [0.25, 0.3) is 0 Å². The average molecular weight is 415 g/mol. The number of carbonyl (C=O) groups excluding carboxylic acids is 1. The van der Waals surface area contributed by atoms with E-state index in [1.54, 1.807) is 39.0 Å². The number of carbonyl (C=O) groups is 1. The van der Waals surface area contributed by atoms with Gasteiger partial charge in [0.2, 0.25) is 0 Å². The zero-order valence-corrected chi connectivity index (χ0v) is 16.1. The fraction of sp³-hybridized carbons (Fsp3) is 0.562. The first-order chi connectivity index (χ1) is 11.7. The normalized spacial score (nSPS) is 17.9. The fourth-order valence-corrected chi connectivity index (χ4v) is 3.22. The maximum Gasteiger partial charge on any atom is 0.422 e. The number of ether oxygens (including phenoxy) is 1. The van der Waals surface area contributed by atoms with Crippen molar-refractivity contribution in [2.45, 2.75) is 45.3 Å². The predicted octanol–water partition coefficient (Wildman–Crippen LogP) is 3.36. The Hall–Kier alpha value is -1.87. The Kier molecular flexibility index (Phi) is 6.23. The zero-order chi connectivity index (χ0) is 18.6. The van der Waals surface area contributed by atoms with Crippen LogP contribution >= 0.6 is 15.9 Å². The quantitative estimate of drug-likeness (QED) is 0.578. The third-order valence-corrected chi connectivity index (χ3v) is 4.33. The molecule has 0 aromatic heterocycles. The van der Waals surface area contributed by atoms with Gasteiger partial charge >= 0.3 is 11.8 Å². The Balaban J connectivity index is 2.01. The van der Waals surface area contributed by atoms with Crippen LogP contribution in [0.3, 0.4) is 0 Å². The summed E-state index contributed by atoms with van der Waals surface area (Å²) in [6.45, 7) is 6.65.